The molecular formula is C12H13N3O3. The van der Waals surface area contributed by atoms with Gasteiger partial charge in [0.1, 0.15) is 6.07 Å². The number of rotatable bonds is 2. The number of nitriles is 1. The summed E-state index contributed by atoms with van der Waals surface area (Å²) in [6.07, 6.45) is -0.636. The fourth-order valence-electron chi connectivity index (χ4n) is 1.62. The van der Waals surface area contributed by atoms with Gasteiger partial charge in [-0.2, -0.15) is 5.26 Å². The Labute approximate surface area is 104 Å². The lowest BCUT2D eigenvalue weighted by molar-refractivity contribution is -0.142. The minimum atomic E-state index is -0.636. The van der Waals surface area contributed by atoms with Crippen molar-refractivity contribution < 1.29 is 14.3 Å². The number of hydrogen-bond acceptors (Lipinski definition) is 5. The number of nitrogens with zero attached hydrogens (tertiary/aromatic N) is 1. The zero-order valence-corrected chi connectivity index (χ0v) is 9.68. The van der Waals surface area contributed by atoms with Crippen molar-refractivity contribution in [1.29, 1.82) is 5.26 Å². The summed E-state index contributed by atoms with van der Waals surface area (Å²) in [4.78, 5) is 11.9. The predicted molar refractivity (Wildman–Crippen MR) is 64.8 cm³/mol. The summed E-state index contributed by atoms with van der Waals surface area (Å²) < 4.78 is 10.4. The van der Waals surface area contributed by atoms with E-state index in [1.165, 1.54) is 6.07 Å². The molecule has 3 N–H and O–H groups in total. The highest BCUT2D eigenvalue weighted by atomic mass is 16.6. The molecule has 0 spiro atoms. The van der Waals surface area contributed by atoms with E-state index in [1.54, 1.807) is 12.1 Å². The molecule has 1 aliphatic heterocycles. The molecule has 1 atom stereocenters. The quantitative estimate of drug-likeness (QED) is 0.741. The van der Waals surface area contributed by atoms with Gasteiger partial charge in [0, 0.05) is 5.69 Å². The molecule has 18 heavy (non-hydrogen) atoms. The van der Waals surface area contributed by atoms with Gasteiger partial charge in [0.25, 0.3) is 5.91 Å². The van der Waals surface area contributed by atoms with Gasteiger partial charge in [-0.05, 0) is 18.2 Å². The summed E-state index contributed by atoms with van der Waals surface area (Å²) in [7, 11) is 0. The lowest BCUT2D eigenvalue weighted by atomic mass is 10.1. The first-order chi connectivity index (χ1) is 8.70. The molecule has 2 rings (SSSR count). The van der Waals surface area contributed by atoms with Crippen molar-refractivity contribution in [2.24, 2.45) is 0 Å². The monoisotopic (exact) mass is 247 g/mol. The fraction of sp³-hybridized carbons (Fsp3) is 0.333. The largest absolute Gasteiger partial charge is 0.399 e. The smallest absolute Gasteiger partial charge is 0.255 e. The number of amides is 1. The van der Waals surface area contributed by atoms with Crippen LogP contribution in [0, 0.1) is 11.3 Å². The Hall–Kier alpha value is -2.10. The third kappa shape index (κ3) is 2.77. The van der Waals surface area contributed by atoms with E-state index >= 15 is 0 Å². The number of anilines is 2. The molecule has 0 saturated carbocycles. The topological polar surface area (TPSA) is 97.4 Å². The standard InChI is InChI=1S/C12H13N3O3/c13-6-8-5-9(14)1-2-10(8)15-12(16)11-7-17-3-4-18-11/h1-2,5,11H,3-4,7,14H2,(H,15,16). The Kier molecular flexibility index (Phi) is 3.77. The number of carbonyl (C=O) groups excluding carboxylic acids is 1. The number of nitrogen functional groups attached to an aromatic ring is 1. The molecule has 94 valence electrons. The van der Waals surface area contributed by atoms with Crippen LogP contribution in [0.15, 0.2) is 18.2 Å². The maximum Gasteiger partial charge on any atom is 0.255 e. The lowest BCUT2D eigenvalue weighted by Crippen LogP contribution is -2.39. The van der Waals surface area contributed by atoms with E-state index in [1.807, 2.05) is 6.07 Å². The number of nitrogens with two attached hydrogens (primary N) is 1. The minimum Gasteiger partial charge on any atom is -0.399 e. The Morgan fingerprint density at radius 2 is 2.33 bits per heavy atom. The van der Waals surface area contributed by atoms with Crippen LogP contribution in [0.25, 0.3) is 0 Å². The summed E-state index contributed by atoms with van der Waals surface area (Å²) in [6.45, 7) is 1.11. The van der Waals surface area contributed by atoms with Crippen molar-refractivity contribution in [2.45, 2.75) is 6.10 Å². The summed E-state index contributed by atoms with van der Waals surface area (Å²) in [5, 5.41) is 11.6. The van der Waals surface area contributed by atoms with Crippen molar-refractivity contribution in [3.8, 4) is 6.07 Å². The van der Waals surface area contributed by atoms with Gasteiger partial charge >= 0.3 is 0 Å². The third-order valence-corrected chi connectivity index (χ3v) is 2.53. The fourth-order valence-corrected chi connectivity index (χ4v) is 1.62. The van der Waals surface area contributed by atoms with Crippen LogP contribution < -0.4 is 11.1 Å². The number of nitrogens with one attached hydrogen (secondary N) is 1. The average Bonchev–Trinajstić information content (AvgIpc) is 2.41. The zero-order valence-electron chi connectivity index (χ0n) is 9.68. The highest BCUT2D eigenvalue weighted by molar-refractivity contribution is 5.95. The summed E-state index contributed by atoms with van der Waals surface area (Å²) in [5.41, 5.74) is 6.78. The van der Waals surface area contributed by atoms with Crippen LogP contribution in [-0.4, -0.2) is 31.8 Å². The molecular weight excluding hydrogens is 234 g/mol. The third-order valence-electron chi connectivity index (χ3n) is 2.53. The van der Waals surface area contributed by atoms with Crippen molar-refractivity contribution in [1.82, 2.24) is 0 Å². The number of ether oxygens (including phenoxy) is 2. The summed E-state index contributed by atoms with van der Waals surface area (Å²) in [5.74, 6) is -0.323. The lowest BCUT2D eigenvalue weighted by Gasteiger charge is -2.22. The molecule has 1 aliphatic rings. The summed E-state index contributed by atoms with van der Waals surface area (Å²) in [6, 6.07) is 6.70. The van der Waals surface area contributed by atoms with Gasteiger partial charge in [-0.15, -0.1) is 0 Å². The normalized spacial score (nSPS) is 18.9. The Balaban J connectivity index is 2.09. The predicted octanol–water partition coefficient (Wildman–Crippen LogP) is 0.494. The van der Waals surface area contributed by atoms with E-state index in [9.17, 15) is 4.79 Å². The molecule has 1 aromatic carbocycles. The number of hydrogen-bond donors (Lipinski definition) is 2. The molecule has 1 amide bonds. The zero-order chi connectivity index (χ0) is 13.0. The molecule has 1 heterocycles. The van der Waals surface area contributed by atoms with Gasteiger partial charge in [0.05, 0.1) is 31.1 Å². The average molecular weight is 247 g/mol. The van der Waals surface area contributed by atoms with Gasteiger partial charge in [-0.3, -0.25) is 4.79 Å². The van der Waals surface area contributed by atoms with Crippen LogP contribution in [0.2, 0.25) is 0 Å². The van der Waals surface area contributed by atoms with E-state index < -0.39 is 6.10 Å². The summed E-state index contributed by atoms with van der Waals surface area (Å²) >= 11 is 0. The second-order valence-electron chi connectivity index (χ2n) is 3.84. The van der Waals surface area contributed by atoms with Crippen LogP contribution in [0.3, 0.4) is 0 Å². The highest BCUT2D eigenvalue weighted by Gasteiger charge is 2.23. The highest BCUT2D eigenvalue weighted by Crippen LogP contribution is 2.18. The van der Waals surface area contributed by atoms with Crippen LogP contribution >= 0.6 is 0 Å². The van der Waals surface area contributed by atoms with E-state index in [4.69, 9.17) is 20.5 Å². The molecule has 6 heteroatoms. The van der Waals surface area contributed by atoms with Gasteiger partial charge < -0.3 is 20.5 Å². The molecule has 1 saturated heterocycles. The van der Waals surface area contributed by atoms with E-state index in [-0.39, 0.29) is 12.5 Å². The molecule has 0 aliphatic carbocycles. The Morgan fingerprint density at radius 3 is 3.00 bits per heavy atom. The van der Waals surface area contributed by atoms with Crippen molar-refractivity contribution >= 4 is 17.3 Å². The SMILES string of the molecule is N#Cc1cc(N)ccc1NC(=O)C1COCCO1. The molecule has 0 radical (unpaired) electrons. The Bertz CT molecular complexity index is 490. The second kappa shape index (κ2) is 5.49. The minimum absolute atomic E-state index is 0.225. The van der Waals surface area contributed by atoms with Crippen LogP contribution in [0.5, 0.6) is 0 Å². The molecule has 0 aromatic heterocycles. The maximum absolute atomic E-state index is 11.9. The van der Waals surface area contributed by atoms with Crippen molar-refractivity contribution in [3.05, 3.63) is 23.8 Å². The van der Waals surface area contributed by atoms with Gasteiger partial charge in [-0.25, -0.2) is 0 Å². The van der Waals surface area contributed by atoms with Gasteiger partial charge in [-0.1, -0.05) is 0 Å². The molecule has 1 unspecified atom stereocenters. The first-order valence-corrected chi connectivity index (χ1v) is 5.50. The van der Waals surface area contributed by atoms with Crippen LogP contribution in [0.4, 0.5) is 11.4 Å². The first kappa shape index (κ1) is 12.4. The number of carbonyl (C=O) groups is 1. The van der Waals surface area contributed by atoms with Crippen molar-refractivity contribution in [2.75, 3.05) is 30.9 Å². The van der Waals surface area contributed by atoms with Gasteiger partial charge in [0.15, 0.2) is 6.10 Å². The van der Waals surface area contributed by atoms with E-state index in [0.717, 1.165) is 0 Å². The van der Waals surface area contributed by atoms with Crippen LogP contribution in [0.1, 0.15) is 5.56 Å². The molecule has 1 aromatic rings. The number of benzene rings is 1. The molecule has 0 bridgehead atoms. The Morgan fingerprint density at radius 1 is 1.50 bits per heavy atom. The second-order valence-corrected chi connectivity index (χ2v) is 3.84. The first-order valence-electron chi connectivity index (χ1n) is 5.50. The molecule has 6 nitrogen and oxygen atoms in total. The van der Waals surface area contributed by atoms with E-state index in [0.29, 0.717) is 30.2 Å². The van der Waals surface area contributed by atoms with E-state index in [2.05, 4.69) is 5.32 Å². The van der Waals surface area contributed by atoms with Gasteiger partial charge in [0.2, 0.25) is 0 Å². The maximum atomic E-state index is 11.9. The molecule has 1 fully saturated rings. The van der Waals surface area contributed by atoms with Crippen LogP contribution in [-0.2, 0) is 14.3 Å². The van der Waals surface area contributed by atoms with Crippen molar-refractivity contribution in [3.63, 3.8) is 0 Å².